The topological polar surface area (TPSA) is 110 Å². The number of ether oxygens (including phenoxy) is 2. The number of halogens is 2. The standard InChI is InChI=1S/C34H28F2N4O4/c1-34(2)19-43-18-30(34)40-29-13-20(33(41)42)10-11-28(29)38-31(40)14-23-12-26(36)24(15-25(23)35)27-8-5-9-32(39-27)44-17-22-7-4-3-6-21(22)16-37/h3-13,15,30H,14,17-19H2,1-2H3,(H,41,42). The van der Waals surface area contributed by atoms with Gasteiger partial charge in [-0.2, -0.15) is 5.26 Å². The van der Waals surface area contributed by atoms with Gasteiger partial charge in [-0.3, -0.25) is 0 Å². The zero-order chi connectivity index (χ0) is 31.0. The molecule has 44 heavy (non-hydrogen) atoms. The number of nitriles is 1. The molecular weight excluding hydrogens is 566 g/mol. The van der Waals surface area contributed by atoms with Gasteiger partial charge in [0.2, 0.25) is 5.88 Å². The van der Waals surface area contributed by atoms with E-state index in [1.807, 2.05) is 18.4 Å². The molecule has 8 nitrogen and oxygen atoms in total. The van der Waals surface area contributed by atoms with Gasteiger partial charge in [0.15, 0.2) is 0 Å². The predicted molar refractivity (Wildman–Crippen MR) is 158 cm³/mol. The van der Waals surface area contributed by atoms with E-state index in [0.717, 1.165) is 12.1 Å². The van der Waals surface area contributed by atoms with Gasteiger partial charge in [-0.1, -0.05) is 38.1 Å². The Bertz CT molecular complexity index is 1950. The van der Waals surface area contributed by atoms with Gasteiger partial charge in [-0.15, -0.1) is 0 Å². The van der Waals surface area contributed by atoms with Crippen LogP contribution in [0.25, 0.3) is 22.3 Å². The lowest BCUT2D eigenvalue weighted by atomic mass is 9.87. The van der Waals surface area contributed by atoms with Crippen molar-refractivity contribution in [3.8, 4) is 23.2 Å². The van der Waals surface area contributed by atoms with E-state index in [9.17, 15) is 15.2 Å². The first-order valence-electron chi connectivity index (χ1n) is 14.0. The fraction of sp³-hybridized carbons (Fsp3) is 0.235. The third kappa shape index (κ3) is 5.50. The van der Waals surface area contributed by atoms with Gasteiger partial charge in [0.1, 0.15) is 24.1 Å². The lowest BCUT2D eigenvalue weighted by molar-refractivity contribution is 0.0697. The number of imidazole rings is 1. The largest absolute Gasteiger partial charge is 0.478 e. The Balaban J connectivity index is 1.32. The highest BCUT2D eigenvalue weighted by Crippen LogP contribution is 2.40. The number of aromatic nitrogens is 3. The second-order valence-electron chi connectivity index (χ2n) is 11.4. The monoisotopic (exact) mass is 594 g/mol. The number of nitrogens with zero attached hydrogens (tertiary/aromatic N) is 4. The minimum atomic E-state index is -1.07. The zero-order valence-corrected chi connectivity index (χ0v) is 24.1. The van der Waals surface area contributed by atoms with Crippen molar-refractivity contribution < 1.29 is 28.2 Å². The van der Waals surface area contributed by atoms with Gasteiger partial charge >= 0.3 is 5.97 Å². The summed E-state index contributed by atoms with van der Waals surface area (Å²) < 4.78 is 44.7. The fourth-order valence-electron chi connectivity index (χ4n) is 5.57. The zero-order valence-electron chi connectivity index (χ0n) is 24.1. The second-order valence-corrected chi connectivity index (χ2v) is 11.4. The summed E-state index contributed by atoms with van der Waals surface area (Å²) in [6.45, 7) is 5.05. The van der Waals surface area contributed by atoms with Crippen molar-refractivity contribution in [1.29, 1.82) is 5.26 Å². The van der Waals surface area contributed by atoms with E-state index in [1.54, 1.807) is 54.6 Å². The van der Waals surface area contributed by atoms with Crippen LogP contribution in [0.2, 0.25) is 0 Å². The summed E-state index contributed by atoms with van der Waals surface area (Å²) in [6, 6.07) is 20.7. The molecule has 1 aliphatic rings. The fourth-order valence-corrected chi connectivity index (χ4v) is 5.57. The van der Waals surface area contributed by atoms with Crippen LogP contribution in [0, 0.1) is 28.4 Å². The minimum absolute atomic E-state index is 0.0262. The quantitative estimate of drug-likeness (QED) is 0.213. The molecule has 1 aliphatic heterocycles. The van der Waals surface area contributed by atoms with E-state index in [-0.39, 0.29) is 52.7 Å². The number of hydrogen-bond donors (Lipinski definition) is 1. The molecule has 0 amide bonds. The summed E-state index contributed by atoms with van der Waals surface area (Å²) in [5.74, 6) is -1.69. The van der Waals surface area contributed by atoms with Crippen LogP contribution in [0.1, 0.15) is 52.8 Å². The van der Waals surface area contributed by atoms with Crippen molar-refractivity contribution in [2.45, 2.75) is 32.9 Å². The van der Waals surface area contributed by atoms with E-state index >= 15 is 8.78 Å². The van der Waals surface area contributed by atoms with Crippen LogP contribution in [0.3, 0.4) is 0 Å². The number of aromatic carboxylic acids is 1. The van der Waals surface area contributed by atoms with Crippen molar-refractivity contribution >= 4 is 17.0 Å². The lowest BCUT2D eigenvalue weighted by Crippen LogP contribution is -2.27. The number of carbonyl (C=O) groups is 1. The highest BCUT2D eigenvalue weighted by molar-refractivity contribution is 5.92. The number of hydrogen-bond acceptors (Lipinski definition) is 6. The van der Waals surface area contributed by atoms with Crippen LogP contribution in [-0.4, -0.2) is 38.8 Å². The van der Waals surface area contributed by atoms with Crippen LogP contribution in [0.15, 0.2) is 72.8 Å². The molecule has 3 aromatic carbocycles. The number of rotatable bonds is 8. The van der Waals surface area contributed by atoms with Crippen molar-refractivity contribution in [3.63, 3.8) is 0 Å². The van der Waals surface area contributed by atoms with Crippen molar-refractivity contribution in [3.05, 3.63) is 113 Å². The molecule has 0 spiro atoms. The van der Waals surface area contributed by atoms with Gasteiger partial charge in [0, 0.05) is 29.0 Å². The highest BCUT2D eigenvalue weighted by Gasteiger charge is 2.39. The number of pyridine rings is 1. The van der Waals surface area contributed by atoms with Crippen molar-refractivity contribution in [1.82, 2.24) is 14.5 Å². The van der Waals surface area contributed by atoms with Gasteiger partial charge in [-0.05, 0) is 48.0 Å². The molecule has 5 aromatic rings. The summed E-state index contributed by atoms with van der Waals surface area (Å²) >= 11 is 0. The molecule has 1 N–H and O–H groups in total. The molecule has 0 bridgehead atoms. The summed E-state index contributed by atoms with van der Waals surface area (Å²) in [5.41, 5.74) is 2.38. The van der Waals surface area contributed by atoms with E-state index in [2.05, 4.69) is 11.1 Å². The van der Waals surface area contributed by atoms with Gasteiger partial charge in [0.25, 0.3) is 0 Å². The van der Waals surface area contributed by atoms with Gasteiger partial charge in [0.05, 0.1) is 53.2 Å². The average Bonchev–Trinajstić information content (AvgIpc) is 3.54. The first kappa shape index (κ1) is 29.0. The average molecular weight is 595 g/mol. The summed E-state index contributed by atoms with van der Waals surface area (Å²) in [4.78, 5) is 20.8. The maximum atomic E-state index is 15.6. The highest BCUT2D eigenvalue weighted by atomic mass is 19.1. The lowest BCUT2D eigenvalue weighted by Gasteiger charge is -2.28. The Morgan fingerprint density at radius 2 is 1.89 bits per heavy atom. The molecule has 3 heterocycles. The molecule has 222 valence electrons. The van der Waals surface area contributed by atoms with Crippen LogP contribution in [0.4, 0.5) is 8.78 Å². The van der Waals surface area contributed by atoms with Crippen LogP contribution in [-0.2, 0) is 17.8 Å². The van der Waals surface area contributed by atoms with Gasteiger partial charge < -0.3 is 19.1 Å². The first-order valence-corrected chi connectivity index (χ1v) is 14.0. The number of carboxylic acid groups (broad SMARTS) is 1. The normalized spacial score (nSPS) is 15.8. The van der Waals surface area contributed by atoms with E-state index in [1.165, 1.54) is 6.07 Å². The molecule has 1 unspecified atom stereocenters. The van der Waals surface area contributed by atoms with E-state index < -0.39 is 17.6 Å². The maximum absolute atomic E-state index is 15.6. The van der Waals surface area contributed by atoms with Gasteiger partial charge in [-0.25, -0.2) is 23.5 Å². The molecule has 6 rings (SSSR count). The summed E-state index contributed by atoms with van der Waals surface area (Å²) in [6.07, 6.45) is -0.0262. The van der Waals surface area contributed by atoms with Crippen molar-refractivity contribution in [2.75, 3.05) is 13.2 Å². The summed E-state index contributed by atoms with van der Waals surface area (Å²) in [5, 5.41) is 18.9. The second kappa shape index (κ2) is 11.5. The molecule has 2 aromatic heterocycles. The van der Waals surface area contributed by atoms with Crippen molar-refractivity contribution in [2.24, 2.45) is 5.41 Å². The number of carboxylic acids is 1. The molecule has 1 saturated heterocycles. The molecule has 1 atom stereocenters. The number of fused-ring (bicyclic) bond motifs is 1. The maximum Gasteiger partial charge on any atom is 0.335 e. The molecule has 0 radical (unpaired) electrons. The van der Waals surface area contributed by atoms with Crippen LogP contribution < -0.4 is 4.74 Å². The van der Waals surface area contributed by atoms with E-state index in [4.69, 9.17) is 14.5 Å². The number of benzene rings is 3. The minimum Gasteiger partial charge on any atom is -0.478 e. The third-order valence-electron chi connectivity index (χ3n) is 7.97. The Morgan fingerprint density at radius 3 is 2.64 bits per heavy atom. The first-order chi connectivity index (χ1) is 21.1. The van der Waals surface area contributed by atoms with Crippen LogP contribution in [0.5, 0.6) is 5.88 Å². The smallest absolute Gasteiger partial charge is 0.335 e. The van der Waals surface area contributed by atoms with Crippen LogP contribution >= 0.6 is 0 Å². The third-order valence-corrected chi connectivity index (χ3v) is 7.97. The van der Waals surface area contributed by atoms with E-state index in [0.29, 0.717) is 41.2 Å². The molecular formula is C34H28F2N4O4. The molecule has 1 fully saturated rings. The summed E-state index contributed by atoms with van der Waals surface area (Å²) in [7, 11) is 0. The Hall–Kier alpha value is -5.14. The predicted octanol–water partition coefficient (Wildman–Crippen LogP) is 6.71. The Kier molecular flexibility index (Phi) is 7.57. The molecule has 0 saturated carbocycles. The Labute approximate surface area is 252 Å². The SMILES string of the molecule is CC1(C)COCC1n1c(Cc2cc(F)c(-c3cccc(OCc4ccccc4C#N)n3)cc2F)nc2ccc(C(=O)O)cc21. The molecule has 10 heteroatoms. The Morgan fingerprint density at radius 1 is 1.07 bits per heavy atom. The molecule has 0 aliphatic carbocycles.